The van der Waals surface area contributed by atoms with E-state index in [4.69, 9.17) is 4.74 Å². The number of nitrogens with zero attached hydrogens (tertiary/aromatic N) is 4. The summed E-state index contributed by atoms with van der Waals surface area (Å²) in [5.41, 5.74) is 1.33. The fourth-order valence-corrected chi connectivity index (χ4v) is 2.44. The first-order chi connectivity index (χ1) is 8.74. The third-order valence-electron chi connectivity index (χ3n) is 3.37. The van der Waals surface area contributed by atoms with Gasteiger partial charge in [-0.25, -0.2) is 14.8 Å². The van der Waals surface area contributed by atoms with Gasteiger partial charge < -0.3 is 10.1 Å². The highest BCUT2D eigenvalue weighted by atomic mass is 16.5. The zero-order chi connectivity index (χ0) is 12.7. The molecule has 1 N–H and O–H groups in total. The normalized spacial score (nSPS) is 19.6. The highest BCUT2D eigenvalue weighted by molar-refractivity contribution is 5.83. The van der Waals surface area contributed by atoms with Gasteiger partial charge in [-0.3, -0.25) is 9.13 Å². The Morgan fingerprint density at radius 2 is 2.33 bits per heavy atom. The van der Waals surface area contributed by atoms with E-state index in [1.807, 2.05) is 0 Å². The van der Waals surface area contributed by atoms with E-state index in [-0.39, 0.29) is 11.7 Å². The Balaban J connectivity index is 2.32. The minimum Gasteiger partial charge on any atom is -0.379 e. The topological polar surface area (TPSA) is 74.0 Å². The first-order valence-electron chi connectivity index (χ1n) is 5.91. The lowest BCUT2D eigenvalue weighted by atomic mass is 10.2. The molecule has 1 fully saturated rings. The smallest absolute Gasteiger partial charge is 0.330 e. The molecule has 3 rings (SSSR count). The standard InChI is InChI=1S/C11H15N5O2/c1-12-9-8-10(14-6-13-9)16(11(17)15(8)2)7-3-4-18-5-7/h6-7H,3-5H2,1-2H3,(H,12,13,14). The lowest BCUT2D eigenvalue weighted by molar-refractivity contribution is 0.186. The van der Waals surface area contributed by atoms with Crippen LogP contribution in [0.15, 0.2) is 11.1 Å². The third kappa shape index (κ3) is 1.43. The van der Waals surface area contributed by atoms with Gasteiger partial charge in [0.2, 0.25) is 0 Å². The highest BCUT2D eigenvalue weighted by Gasteiger charge is 2.25. The number of hydrogen-bond donors (Lipinski definition) is 1. The third-order valence-corrected chi connectivity index (χ3v) is 3.37. The van der Waals surface area contributed by atoms with Gasteiger partial charge in [0.1, 0.15) is 11.8 Å². The highest BCUT2D eigenvalue weighted by Crippen LogP contribution is 2.24. The van der Waals surface area contributed by atoms with Crippen LogP contribution in [-0.4, -0.2) is 39.4 Å². The van der Waals surface area contributed by atoms with Crippen molar-refractivity contribution < 1.29 is 4.74 Å². The minimum atomic E-state index is -0.0718. The van der Waals surface area contributed by atoms with Crippen molar-refractivity contribution in [1.29, 1.82) is 0 Å². The lowest BCUT2D eigenvalue weighted by Crippen LogP contribution is -2.26. The van der Waals surface area contributed by atoms with E-state index in [2.05, 4.69) is 15.3 Å². The van der Waals surface area contributed by atoms with E-state index in [1.54, 1.807) is 23.2 Å². The molecule has 18 heavy (non-hydrogen) atoms. The Morgan fingerprint density at radius 1 is 1.50 bits per heavy atom. The number of aromatic nitrogens is 4. The second-order valence-corrected chi connectivity index (χ2v) is 4.37. The van der Waals surface area contributed by atoms with Crippen LogP contribution < -0.4 is 11.0 Å². The number of fused-ring (bicyclic) bond motifs is 1. The Labute approximate surface area is 103 Å². The fourth-order valence-electron chi connectivity index (χ4n) is 2.44. The van der Waals surface area contributed by atoms with E-state index in [0.717, 1.165) is 11.9 Å². The molecular weight excluding hydrogens is 234 g/mol. The molecule has 7 nitrogen and oxygen atoms in total. The maximum atomic E-state index is 12.3. The molecule has 1 aliphatic heterocycles. The molecule has 0 bridgehead atoms. The molecule has 1 atom stereocenters. The summed E-state index contributed by atoms with van der Waals surface area (Å²) >= 11 is 0. The van der Waals surface area contributed by atoms with Crippen molar-refractivity contribution in [2.24, 2.45) is 7.05 Å². The van der Waals surface area contributed by atoms with Crippen molar-refractivity contribution in [1.82, 2.24) is 19.1 Å². The van der Waals surface area contributed by atoms with Crippen molar-refractivity contribution in [2.45, 2.75) is 12.5 Å². The van der Waals surface area contributed by atoms with Crippen LogP contribution in [0, 0.1) is 0 Å². The quantitative estimate of drug-likeness (QED) is 0.819. The fraction of sp³-hybridized carbons (Fsp3) is 0.545. The van der Waals surface area contributed by atoms with Crippen LogP contribution in [0.1, 0.15) is 12.5 Å². The van der Waals surface area contributed by atoms with Crippen molar-refractivity contribution in [3.8, 4) is 0 Å². The summed E-state index contributed by atoms with van der Waals surface area (Å²) < 4.78 is 8.65. The summed E-state index contributed by atoms with van der Waals surface area (Å²) in [5, 5.41) is 2.99. The maximum absolute atomic E-state index is 12.3. The zero-order valence-electron chi connectivity index (χ0n) is 10.4. The van der Waals surface area contributed by atoms with Crippen LogP contribution in [0.25, 0.3) is 11.2 Å². The van der Waals surface area contributed by atoms with Gasteiger partial charge in [0.05, 0.1) is 12.6 Å². The van der Waals surface area contributed by atoms with E-state index >= 15 is 0 Å². The van der Waals surface area contributed by atoms with Crippen molar-refractivity contribution >= 4 is 17.0 Å². The van der Waals surface area contributed by atoms with E-state index in [1.165, 1.54) is 6.33 Å². The summed E-state index contributed by atoms with van der Waals surface area (Å²) in [7, 11) is 3.52. The molecule has 0 saturated carbocycles. The SMILES string of the molecule is CNc1ncnc2c1n(C)c(=O)n2C1CCOC1. The lowest BCUT2D eigenvalue weighted by Gasteiger charge is -2.08. The second kappa shape index (κ2) is 4.09. The molecule has 0 amide bonds. The van der Waals surface area contributed by atoms with Gasteiger partial charge in [0, 0.05) is 20.7 Å². The van der Waals surface area contributed by atoms with E-state index in [0.29, 0.717) is 24.7 Å². The number of ether oxygens (including phenoxy) is 1. The predicted molar refractivity (Wildman–Crippen MR) is 66.8 cm³/mol. The Bertz CT molecular complexity index is 639. The number of imidazole rings is 1. The largest absolute Gasteiger partial charge is 0.379 e. The Morgan fingerprint density at radius 3 is 3.00 bits per heavy atom. The average molecular weight is 249 g/mol. The molecule has 2 aromatic heterocycles. The van der Waals surface area contributed by atoms with Crippen LogP contribution in [0.3, 0.4) is 0 Å². The maximum Gasteiger partial charge on any atom is 0.330 e. The minimum absolute atomic E-state index is 0.0702. The van der Waals surface area contributed by atoms with Gasteiger partial charge >= 0.3 is 5.69 Å². The summed E-state index contributed by atoms with van der Waals surface area (Å²) in [6.45, 7) is 1.26. The van der Waals surface area contributed by atoms with Crippen molar-refractivity contribution in [3.63, 3.8) is 0 Å². The molecule has 1 aliphatic rings. The van der Waals surface area contributed by atoms with Crippen LogP contribution in [-0.2, 0) is 11.8 Å². The number of rotatable bonds is 2. The molecular formula is C11H15N5O2. The first-order valence-corrected chi connectivity index (χ1v) is 5.91. The molecule has 1 saturated heterocycles. The number of aryl methyl sites for hydroxylation is 1. The van der Waals surface area contributed by atoms with Gasteiger partial charge in [-0.2, -0.15) is 0 Å². The molecule has 0 aromatic carbocycles. The molecule has 0 spiro atoms. The summed E-state index contributed by atoms with van der Waals surface area (Å²) in [6, 6.07) is 0.0702. The van der Waals surface area contributed by atoms with Crippen LogP contribution >= 0.6 is 0 Å². The molecule has 96 valence electrons. The van der Waals surface area contributed by atoms with Gasteiger partial charge in [-0.05, 0) is 6.42 Å². The second-order valence-electron chi connectivity index (χ2n) is 4.37. The average Bonchev–Trinajstić information content (AvgIpc) is 2.98. The molecule has 0 radical (unpaired) electrons. The van der Waals surface area contributed by atoms with Gasteiger partial charge in [0.25, 0.3) is 0 Å². The van der Waals surface area contributed by atoms with Crippen LogP contribution in [0.2, 0.25) is 0 Å². The van der Waals surface area contributed by atoms with E-state index < -0.39 is 0 Å². The summed E-state index contributed by atoms with van der Waals surface area (Å²) in [6.07, 6.45) is 2.32. The van der Waals surface area contributed by atoms with Crippen LogP contribution in [0.5, 0.6) is 0 Å². The van der Waals surface area contributed by atoms with Gasteiger partial charge in [-0.1, -0.05) is 0 Å². The zero-order valence-corrected chi connectivity index (χ0v) is 10.4. The van der Waals surface area contributed by atoms with Crippen molar-refractivity contribution in [2.75, 3.05) is 25.6 Å². The number of hydrogen-bond acceptors (Lipinski definition) is 5. The van der Waals surface area contributed by atoms with E-state index in [9.17, 15) is 4.79 Å². The summed E-state index contributed by atoms with van der Waals surface area (Å²) in [5.74, 6) is 0.664. The Hall–Kier alpha value is -1.89. The molecule has 3 heterocycles. The molecule has 7 heteroatoms. The molecule has 1 unspecified atom stereocenters. The Kier molecular flexibility index (Phi) is 2.55. The monoisotopic (exact) mass is 249 g/mol. The summed E-state index contributed by atoms with van der Waals surface area (Å²) in [4.78, 5) is 20.7. The number of anilines is 1. The predicted octanol–water partition coefficient (Wildman–Crippen LogP) is 0.133. The van der Waals surface area contributed by atoms with Crippen molar-refractivity contribution in [3.05, 3.63) is 16.8 Å². The van der Waals surface area contributed by atoms with Gasteiger partial charge in [-0.15, -0.1) is 0 Å². The first kappa shape index (κ1) is 11.2. The van der Waals surface area contributed by atoms with Gasteiger partial charge in [0.15, 0.2) is 11.5 Å². The molecule has 2 aromatic rings. The molecule has 0 aliphatic carbocycles. The van der Waals surface area contributed by atoms with Crippen LogP contribution in [0.4, 0.5) is 5.82 Å². The number of nitrogens with one attached hydrogen (secondary N) is 1.